The second kappa shape index (κ2) is 8.57. The van der Waals surface area contributed by atoms with Crippen LogP contribution in [0.15, 0.2) is 30.3 Å². The molecule has 144 valence electrons. The number of rotatable bonds is 7. The molecule has 5 nitrogen and oxygen atoms in total. The number of nitrogens with zero attached hydrogens (tertiary/aromatic N) is 2. The summed E-state index contributed by atoms with van der Waals surface area (Å²) >= 11 is 0. The summed E-state index contributed by atoms with van der Waals surface area (Å²) in [5, 5.41) is 0. The summed E-state index contributed by atoms with van der Waals surface area (Å²) in [5.74, 6) is -0.196. The highest BCUT2D eigenvalue weighted by atomic mass is 19.1. The second-order valence-electron chi connectivity index (χ2n) is 7.67. The molecule has 0 aliphatic carbocycles. The van der Waals surface area contributed by atoms with Gasteiger partial charge in [-0.15, -0.1) is 0 Å². The van der Waals surface area contributed by atoms with Crippen molar-refractivity contribution in [1.29, 1.82) is 0 Å². The monoisotopic (exact) mass is 362 g/mol. The van der Waals surface area contributed by atoms with E-state index >= 15 is 0 Å². The number of alkyl halides is 1. The molecule has 2 aliphatic rings. The molecule has 2 unspecified atom stereocenters. The maximum Gasteiger partial charge on any atom is 0.179 e. The number of benzene rings is 1. The van der Waals surface area contributed by atoms with Crippen LogP contribution in [0.4, 0.5) is 4.39 Å². The van der Waals surface area contributed by atoms with Gasteiger partial charge in [-0.1, -0.05) is 30.3 Å². The average molecular weight is 362 g/mol. The standard InChI is InChI=1S/C20H31FN4O/c21-18(14-17(23)19(26)16-6-2-1-3-7-16)24-12-8-20(15-22,9-13-24)25-10-4-5-11-25/h1-3,6-7,17-18H,4-5,8-15,22-23H2. The first-order valence-corrected chi connectivity index (χ1v) is 9.74. The smallest absolute Gasteiger partial charge is 0.179 e. The van der Waals surface area contributed by atoms with Crippen LogP contribution < -0.4 is 11.5 Å². The summed E-state index contributed by atoms with van der Waals surface area (Å²) in [6.45, 7) is 4.17. The SMILES string of the molecule is NCC1(N2CCCC2)CCN(C(F)CC(N)C(=O)c2ccccc2)CC1. The molecule has 2 aliphatic heterocycles. The van der Waals surface area contributed by atoms with Gasteiger partial charge in [-0.05, 0) is 38.8 Å². The first-order valence-electron chi connectivity index (χ1n) is 9.74. The summed E-state index contributed by atoms with van der Waals surface area (Å²) in [4.78, 5) is 16.7. The fraction of sp³-hybridized carbons (Fsp3) is 0.650. The molecule has 0 aromatic heterocycles. The Hall–Kier alpha value is -1.34. The van der Waals surface area contributed by atoms with Gasteiger partial charge in [0.2, 0.25) is 0 Å². The highest BCUT2D eigenvalue weighted by Crippen LogP contribution is 2.32. The fourth-order valence-electron chi connectivity index (χ4n) is 4.34. The van der Waals surface area contributed by atoms with Crippen molar-refractivity contribution in [2.45, 2.75) is 50.0 Å². The molecule has 0 radical (unpaired) electrons. The van der Waals surface area contributed by atoms with E-state index in [4.69, 9.17) is 11.5 Å². The summed E-state index contributed by atoms with van der Waals surface area (Å²) in [6.07, 6.45) is 3.07. The van der Waals surface area contributed by atoms with Crippen LogP contribution in [0.3, 0.4) is 0 Å². The minimum atomic E-state index is -1.19. The molecule has 2 fully saturated rings. The highest BCUT2D eigenvalue weighted by molar-refractivity contribution is 5.99. The zero-order valence-corrected chi connectivity index (χ0v) is 15.4. The molecule has 0 saturated carbocycles. The Kier molecular flexibility index (Phi) is 6.40. The predicted molar refractivity (Wildman–Crippen MR) is 102 cm³/mol. The summed E-state index contributed by atoms with van der Waals surface area (Å²) < 4.78 is 14.8. The van der Waals surface area contributed by atoms with Crippen LogP contribution in [0.5, 0.6) is 0 Å². The van der Waals surface area contributed by atoms with Gasteiger partial charge in [-0.25, -0.2) is 4.39 Å². The summed E-state index contributed by atoms with van der Waals surface area (Å²) in [7, 11) is 0. The molecule has 0 amide bonds. The molecular weight excluding hydrogens is 331 g/mol. The van der Waals surface area contributed by atoms with Gasteiger partial charge in [0.1, 0.15) is 0 Å². The number of carbonyl (C=O) groups is 1. The molecular formula is C20H31FN4O. The van der Waals surface area contributed by atoms with Crippen LogP contribution in [0.25, 0.3) is 0 Å². The van der Waals surface area contributed by atoms with Crippen LogP contribution in [0, 0.1) is 0 Å². The molecule has 1 aromatic rings. The lowest BCUT2D eigenvalue weighted by molar-refractivity contribution is -0.0106. The molecule has 4 N–H and O–H groups in total. The third kappa shape index (κ3) is 4.14. The van der Waals surface area contributed by atoms with E-state index < -0.39 is 12.3 Å². The van der Waals surface area contributed by atoms with E-state index in [2.05, 4.69) is 4.90 Å². The lowest BCUT2D eigenvalue weighted by atomic mass is 9.85. The van der Waals surface area contributed by atoms with Crippen LogP contribution in [-0.2, 0) is 0 Å². The van der Waals surface area contributed by atoms with Gasteiger partial charge in [0, 0.05) is 37.2 Å². The van der Waals surface area contributed by atoms with Crippen molar-refractivity contribution < 1.29 is 9.18 Å². The molecule has 0 bridgehead atoms. The van der Waals surface area contributed by atoms with Crippen molar-refractivity contribution in [2.24, 2.45) is 11.5 Å². The number of piperidine rings is 1. The first-order chi connectivity index (χ1) is 12.6. The van der Waals surface area contributed by atoms with E-state index in [1.807, 2.05) is 11.0 Å². The molecule has 26 heavy (non-hydrogen) atoms. The Labute approximate surface area is 155 Å². The average Bonchev–Trinajstić information content (AvgIpc) is 3.23. The van der Waals surface area contributed by atoms with Crippen molar-refractivity contribution in [3.63, 3.8) is 0 Å². The fourth-order valence-corrected chi connectivity index (χ4v) is 4.34. The number of hydrogen-bond acceptors (Lipinski definition) is 5. The third-order valence-corrected chi connectivity index (χ3v) is 6.13. The second-order valence-corrected chi connectivity index (χ2v) is 7.67. The van der Waals surface area contributed by atoms with Crippen LogP contribution in [0.1, 0.15) is 42.5 Å². The molecule has 2 saturated heterocycles. The number of carbonyl (C=O) groups excluding carboxylic acids is 1. The topological polar surface area (TPSA) is 75.6 Å². The Morgan fingerprint density at radius 2 is 1.73 bits per heavy atom. The molecule has 1 aromatic carbocycles. The van der Waals surface area contributed by atoms with E-state index in [1.54, 1.807) is 24.3 Å². The van der Waals surface area contributed by atoms with Crippen molar-refractivity contribution >= 4 is 5.78 Å². The highest BCUT2D eigenvalue weighted by Gasteiger charge is 2.41. The Morgan fingerprint density at radius 1 is 1.12 bits per heavy atom. The molecule has 2 heterocycles. The van der Waals surface area contributed by atoms with Crippen LogP contribution >= 0.6 is 0 Å². The Bertz CT molecular complexity index is 583. The minimum absolute atomic E-state index is 0.0225. The van der Waals surface area contributed by atoms with Crippen molar-refractivity contribution in [3.8, 4) is 0 Å². The van der Waals surface area contributed by atoms with Gasteiger partial charge in [-0.2, -0.15) is 0 Å². The molecule has 3 rings (SSSR count). The van der Waals surface area contributed by atoms with Crippen molar-refractivity contribution in [2.75, 3.05) is 32.7 Å². The maximum atomic E-state index is 14.8. The lowest BCUT2D eigenvalue weighted by Crippen LogP contribution is -2.59. The zero-order valence-electron chi connectivity index (χ0n) is 15.4. The Balaban J connectivity index is 1.53. The lowest BCUT2D eigenvalue weighted by Gasteiger charge is -2.47. The van der Waals surface area contributed by atoms with Gasteiger partial charge in [0.25, 0.3) is 0 Å². The minimum Gasteiger partial charge on any atom is -0.329 e. The largest absolute Gasteiger partial charge is 0.329 e. The predicted octanol–water partition coefficient (Wildman–Crippen LogP) is 1.77. The molecule has 6 heteroatoms. The zero-order chi connectivity index (χ0) is 18.6. The van der Waals surface area contributed by atoms with Gasteiger partial charge < -0.3 is 11.5 Å². The van der Waals surface area contributed by atoms with Crippen LogP contribution in [-0.4, -0.2) is 66.2 Å². The molecule has 2 atom stereocenters. The summed E-state index contributed by atoms with van der Waals surface area (Å²) in [6, 6.07) is 8.07. The number of ketones is 1. The number of hydrogen-bond donors (Lipinski definition) is 2. The normalized spacial score (nSPS) is 23.7. The van der Waals surface area contributed by atoms with Crippen molar-refractivity contribution in [3.05, 3.63) is 35.9 Å². The number of Topliss-reactive ketones (excluding diaryl/α,β-unsaturated/α-hetero) is 1. The third-order valence-electron chi connectivity index (χ3n) is 6.13. The molecule has 0 spiro atoms. The van der Waals surface area contributed by atoms with Gasteiger partial charge in [-0.3, -0.25) is 14.6 Å². The van der Waals surface area contributed by atoms with E-state index in [0.717, 1.165) is 25.9 Å². The van der Waals surface area contributed by atoms with E-state index in [0.29, 0.717) is 25.2 Å². The quantitative estimate of drug-likeness (QED) is 0.571. The Morgan fingerprint density at radius 3 is 2.31 bits per heavy atom. The summed E-state index contributed by atoms with van der Waals surface area (Å²) in [5.41, 5.74) is 12.7. The van der Waals surface area contributed by atoms with E-state index in [-0.39, 0.29) is 17.7 Å². The van der Waals surface area contributed by atoms with Gasteiger partial charge in [0.15, 0.2) is 12.1 Å². The van der Waals surface area contributed by atoms with E-state index in [9.17, 15) is 9.18 Å². The van der Waals surface area contributed by atoms with Gasteiger partial charge >= 0.3 is 0 Å². The number of likely N-dealkylation sites (tertiary alicyclic amines) is 2. The van der Waals surface area contributed by atoms with E-state index in [1.165, 1.54) is 12.8 Å². The van der Waals surface area contributed by atoms with Gasteiger partial charge in [0.05, 0.1) is 6.04 Å². The maximum absolute atomic E-state index is 14.8. The first kappa shape index (κ1) is 19.4. The number of nitrogens with two attached hydrogens (primary N) is 2. The van der Waals surface area contributed by atoms with Crippen LogP contribution in [0.2, 0.25) is 0 Å². The number of halogens is 1. The van der Waals surface area contributed by atoms with Crippen molar-refractivity contribution in [1.82, 2.24) is 9.80 Å².